The summed E-state index contributed by atoms with van der Waals surface area (Å²) in [4.78, 5) is 23.2. The van der Waals surface area contributed by atoms with Gasteiger partial charge in [0.05, 0.1) is 19.8 Å². The maximum atomic E-state index is 11.8. The Morgan fingerprint density at radius 1 is 1.14 bits per heavy atom. The van der Waals surface area contributed by atoms with Gasteiger partial charge in [-0.05, 0) is 33.6 Å². The number of nitrogens with one attached hydrogen (secondary N) is 1. The highest BCUT2D eigenvalue weighted by Gasteiger charge is 2.40. The van der Waals surface area contributed by atoms with Gasteiger partial charge < -0.3 is 29.7 Å². The smallest absolute Gasteiger partial charge is 0.408 e. The Bertz CT molecular complexity index is 354. The molecular formula is C14H27NO7. The summed E-state index contributed by atoms with van der Waals surface area (Å²) in [5, 5.41) is 21.0. The van der Waals surface area contributed by atoms with Crippen molar-refractivity contribution in [3.8, 4) is 0 Å². The van der Waals surface area contributed by atoms with Gasteiger partial charge in [0.15, 0.2) is 5.54 Å². The van der Waals surface area contributed by atoms with Gasteiger partial charge in [0, 0.05) is 13.7 Å². The third kappa shape index (κ3) is 8.16. The normalized spacial score (nSPS) is 14.2. The van der Waals surface area contributed by atoms with Crippen LogP contribution >= 0.6 is 0 Å². The highest BCUT2D eigenvalue weighted by atomic mass is 16.6. The molecule has 0 bridgehead atoms. The fraction of sp³-hybridized carbons (Fsp3) is 0.857. The van der Waals surface area contributed by atoms with E-state index in [2.05, 4.69) is 5.32 Å². The van der Waals surface area contributed by atoms with E-state index in [4.69, 9.17) is 14.2 Å². The first-order valence-electron chi connectivity index (χ1n) is 7.09. The maximum Gasteiger partial charge on any atom is 0.408 e. The zero-order chi connectivity index (χ0) is 17.2. The van der Waals surface area contributed by atoms with E-state index in [0.29, 0.717) is 26.2 Å². The Kier molecular flexibility index (Phi) is 9.00. The van der Waals surface area contributed by atoms with Crippen molar-refractivity contribution in [2.24, 2.45) is 0 Å². The summed E-state index contributed by atoms with van der Waals surface area (Å²) < 4.78 is 15.1. The molecule has 1 atom stereocenters. The van der Waals surface area contributed by atoms with Gasteiger partial charge in [-0.3, -0.25) is 0 Å². The number of carboxylic acid groups (broad SMARTS) is 1. The van der Waals surface area contributed by atoms with Crippen LogP contribution in [-0.4, -0.2) is 67.0 Å². The average Bonchev–Trinajstić information content (AvgIpc) is 2.38. The molecule has 0 aliphatic carbocycles. The van der Waals surface area contributed by atoms with E-state index in [1.807, 2.05) is 0 Å². The van der Waals surface area contributed by atoms with Crippen molar-refractivity contribution in [3.05, 3.63) is 0 Å². The summed E-state index contributed by atoms with van der Waals surface area (Å²) in [7, 11) is 1.55. The lowest BCUT2D eigenvalue weighted by molar-refractivity contribution is -0.147. The van der Waals surface area contributed by atoms with Gasteiger partial charge in [-0.1, -0.05) is 0 Å². The van der Waals surface area contributed by atoms with Crippen molar-refractivity contribution in [2.45, 2.75) is 44.8 Å². The zero-order valence-corrected chi connectivity index (χ0v) is 13.7. The molecule has 0 aromatic rings. The highest BCUT2D eigenvalue weighted by Crippen LogP contribution is 2.16. The number of hydrogen-bond acceptors (Lipinski definition) is 6. The Hall–Kier alpha value is -1.38. The number of carbonyl (C=O) groups is 2. The molecule has 0 saturated heterocycles. The predicted octanol–water partition coefficient (Wildman–Crippen LogP) is 0.770. The molecule has 0 radical (unpaired) electrons. The zero-order valence-electron chi connectivity index (χ0n) is 13.7. The Morgan fingerprint density at radius 3 is 2.23 bits per heavy atom. The van der Waals surface area contributed by atoms with E-state index < -0.39 is 29.8 Å². The van der Waals surface area contributed by atoms with Crippen LogP contribution in [-0.2, 0) is 19.0 Å². The third-order valence-electron chi connectivity index (χ3n) is 2.74. The van der Waals surface area contributed by atoms with Crippen LogP contribution in [0.25, 0.3) is 0 Å². The average molecular weight is 321 g/mol. The Balaban J connectivity index is 4.53. The number of methoxy groups -OCH3 is 1. The lowest BCUT2D eigenvalue weighted by atomic mass is 9.94. The second kappa shape index (κ2) is 9.60. The topological polar surface area (TPSA) is 114 Å². The minimum Gasteiger partial charge on any atom is -0.479 e. The second-order valence-corrected chi connectivity index (χ2v) is 5.88. The maximum absolute atomic E-state index is 11.8. The van der Waals surface area contributed by atoms with Gasteiger partial charge in [0.25, 0.3) is 0 Å². The molecule has 0 aliphatic rings. The molecule has 0 saturated carbocycles. The van der Waals surface area contributed by atoms with Crippen molar-refractivity contribution in [3.63, 3.8) is 0 Å². The molecule has 8 heteroatoms. The van der Waals surface area contributed by atoms with E-state index >= 15 is 0 Å². The number of rotatable bonds is 10. The summed E-state index contributed by atoms with van der Waals surface area (Å²) >= 11 is 0. The van der Waals surface area contributed by atoms with Gasteiger partial charge in [0.2, 0.25) is 0 Å². The number of amides is 1. The fourth-order valence-electron chi connectivity index (χ4n) is 1.63. The van der Waals surface area contributed by atoms with Crippen LogP contribution in [0.1, 0.15) is 33.6 Å². The minimum atomic E-state index is -1.78. The molecule has 0 heterocycles. The first-order chi connectivity index (χ1) is 10.2. The summed E-state index contributed by atoms with van der Waals surface area (Å²) in [6.45, 7) is 5.40. The largest absolute Gasteiger partial charge is 0.479 e. The second-order valence-electron chi connectivity index (χ2n) is 5.88. The van der Waals surface area contributed by atoms with Crippen molar-refractivity contribution < 1.29 is 34.0 Å². The molecule has 3 N–H and O–H groups in total. The lowest BCUT2D eigenvalue weighted by Gasteiger charge is -2.30. The summed E-state index contributed by atoms with van der Waals surface area (Å²) in [5.41, 5.74) is -2.54. The molecule has 0 fully saturated rings. The van der Waals surface area contributed by atoms with E-state index in [0.717, 1.165) is 0 Å². The van der Waals surface area contributed by atoms with Crippen LogP contribution in [0.15, 0.2) is 0 Å². The molecular weight excluding hydrogens is 294 g/mol. The van der Waals surface area contributed by atoms with Crippen molar-refractivity contribution in [1.29, 1.82) is 0 Å². The monoisotopic (exact) mass is 321 g/mol. The molecule has 22 heavy (non-hydrogen) atoms. The lowest BCUT2D eigenvalue weighted by Crippen LogP contribution is -2.58. The minimum absolute atomic E-state index is 0.0189. The van der Waals surface area contributed by atoms with Gasteiger partial charge in [-0.25, -0.2) is 9.59 Å². The molecule has 0 aromatic heterocycles. The number of carboxylic acids is 1. The number of hydrogen-bond donors (Lipinski definition) is 3. The molecule has 0 aliphatic heterocycles. The van der Waals surface area contributed by atoms with Crippen LogP contribution in [0.5, 0.6) is 0 Å². The summed E-state index contributed by atoms with van der Waals surface area (Å²) in [5.74, 6) is -1.32. The number of aliphatic carboxylic acids is 1. The standard InChI is InChI=1S/C14H27NO7/c1-13(2,3)22-12(19)15-14(10-16,11(17)18)6-5-7-21-9-8-20-4/h16H,5-10H2,1-4H3,(H,15,19)(H,17,18)/t14-/m0/s1. The number of aliphatic hydroxyl groups excluding tert-OH is 1. The Labute approximate surface area is 130 Å². The molecule has 130 valence electrons. The van der Waals surface area contributed by atoms with E-state index in [1.165, 1.54) is 0 Å². The number of ether oxygens (including phenoxy) is 3. The molecule has 0 spiro atoms. The van der Waals surface area contributed by atoms with Gasteiger partial charge in [0.1, 0.15) is 5.60 Å². The van der Waals surface area contributed by atoms with E-state index in [1.54, 1.807) is 27.9 Å². The molecule has 8 nitrogen and oxygen atoms in total. The fourth-order valence-corrected chi connectivity index (χ4v) is 1.63. The number of alkyl carbamates (subject to hydrolysis) is 1. The van der Waals surface area contributed by atoms with E-state index in [9.17, 15) is 19.8 Å². The first-order valence-corrected chi connectivity index (χ1v) is 7.09. The predicted molar refractivity (Wildman–Crippen MR) is 78.8 cm³/mol. The first kappa shape index (κ1) is 20.6. The summed E-state index contributed by atoms with van der Waals surface area (Å²) in [6.07, 6.45) is -0.513. The van der Waals surface area contributed by atoms with Gasteiger partial charge >= 0.3 is 12.1 Å². The molecule has 0 aromatic carbocycles. The highest BCUT2D eigenvalue weighted by molar-refractivity contribution is 5.84. The van der Waals surface area contributed by atoms with Crippen molar-refractivity contribution in [2.75, 3.05) is 33.5 Å². The van der Waals surface area contributed by atoms with Crippen LogP contribution in [0.2, 0.25) is 0 Å². The van der Waals surface area contributed by atoms with Crippen LogP contribution < -0.4 is 5.32 Å². The summed E-state index contributed by atoms with van der Waals surface area (Å²) in [6, 6.07) is 0. The quantitative estimate of drug-likeness (QED) is 0.509. The number of carbonyl (C=O) groups excluding carboxylic acids is 1. The van der Waals surface area contributed by atoms with Crippen molar-refractivity contribution >= 4 is 12.1 Å². The van der Waals surface area contributed by atoms with Crippen LogP contribution in [0, 0.1) is 0 Å². The third-order valence-corrected chi connectivity index (χ3v) is 2.74. The van der Waals surface area contributed by atoms with Crippen LogP contribution in [0.4, 0.5) is 4.79 Å². The molecule has 1 amide bonds. The van der Waals surface area contributed by atoms with Crippen LogP contribution in [0.3, 0.4) is 0 Å². The van der Waals surface area contributed by atoms with Gasteiger partial charge in [-0.2, -0.15) is 0 Å². The molecule has 0 rings (SSSR count). The Morgan fingerprint density at radius 2 is 1.77 bits per heavy atom. The SMILES string of the molecule is COCCOCCC[C@@](CO)(NC(=O)OC(C)(C)C)C(=O)O. The van der Waals surface area contributed by atoms with Gasteiger partial charge in [-0.15, -0.1) is 0 Å². The van der Waals surface area contributed by atoms with E-state index in [-0.39, 0.29) is 6.42 Å². The van der Waals surface area contributed by atoms with Crippen molar-refractivity contribution in [1.82, 2.24) is 5.32 Å². The number of aliphatic hydroxyl groups is 1. The molecule has 0 unspecified atom stereocenters.